The molecule has 0 fully saturated rings. The van der Waals surface area contributed by atoms with Crippen molar-refractivity contribution >= 4 is 29.1 Å². The van der Waals surface area contributed by atoms with Gasteiger partial charge in [-0.15, -0.1) is 0 Å². The number of amides is 2. The molecule has 0 spiro atoms. The van der Waals surface area contributed by atoms with Gasteiger partial charge < -0.3 is 15.0 Å². The Morgan fingerprint density at radius 2 is 1.96 bits per heavy atom. The van der Waals surface area contributed by atoms with Crippen LogP contribution in [0.25, 0.3) is 0 Å². The molecule has 2 aromatic carbocycles. The van der Waals surface area contributed by atoms with Crippen molar-refractivity contribution in [2.75, 3.05) is 25.5 Å². The highest BCUT2D eigenvalue weighted by Crippen LogP contribution is 2.26. The molecule has 5 nitrogen and oxygen atoms in total. The van der Waals surface area contributed by atoms with Gasteiger partial charge in [-0.2, -0.15) is 0 Å². The van der Waals surface area contributed by atoms with E-state index in [9.17, 15) is 9.59 Å². The molecule has 0 radical (unpaired) electrons. The number of hydrogen-bond donors (Lipinski definition) is 1. The third kappa shape index (κ3) is 4.76. The molecule has 3 rings (SSSR count). The van der Waals surface area contributed by atoms with Gasteiger partial charge in [-0.05, 0) is 60.7 Å². The van der Waals surface area contributed by atoms with Crippen molar-refractivity contribution in [3.8, 4) is 5.75 Å². The Hall–Kier alpha value is -2.53. The summed E-state index contributed by atoms with van der Waals surface area (Å²) >= 11 is 5.89. The van der Waals surface area contributed by atoms with E-state index < -0.39 is 0 Å². The summed E-state index contributed by atoms with van der Waals surface area (Å²) in [5, 5.41) is 3.25. The quantitative estimate of drug-likeness (QED) is 0.846. The molecule has 6 heteroatoms. The highest BCUT2D eigenvalue weighted by molar-refractivity contribution is 6.30. The molecule has 0 atom stereocenters. The number of carbonyl (C=O) groups excluding carboxylic acids is 2. The molecule has 2 amide bonds. The number of rotatable bonds is 6. The lowest BCUT2D eigenvalue weighted by Gasteiger charge is -2.17. The zero-order valence-corrected chi connectivity index (χ0v) is 15.4. The second kappa shape index (κ2) is 8.23. The average Bonchev–Trinajstić information content (AvgIpc) is 3.07. The first kappa shape index (κ1) is 18.3. The van der Waals surface area contributed by atoms with Crippen molar-refractivity contribution in [3.63, 3.8) is 0 Å². The minimum absolute atomic E-state index is 0.0567. The maximum absolute atomic E-state index is 12.2. The van der Waals surface area contributed by atoms with Crippen molar-refractivity contribution in [2.45, 2.75) is 19.3 Å². The highest BCUT2D eigenvalue weighted by atomic mass is 35.5. The molecule has 1 aliphatic rings. The normalized spacial score (nSPS) is 12.4. The van der Waals surface area contributed by atoms with Crippen LogP contribution in [0.1, 0.15) is 17.5 Å². The van der Waals surface area contributed by atoms with Gasteiger partial charge in [0.05, 0.1) is 6.54 Å². The van der Waals surface area contributed by atoms with Crippen molar-refractivity contribution in [1.29, 1.82) is 0 Å². The first-order valence-electron chi connectivity index (χ1n) is 8.55. The number of anilines is 1. The van der Waals surface area contributed by atoms with Crippen LogP contribution in [0.4, 0.5) is 5.69 Å². The summed E-state index contributed by atoms with van der Waals surface area (Å²) in [5.74, 6) is 0.142. The third-order valence-electron chi connectivity index (χ3n) is 4.35. The molecular weight excluding hydrogens is 352 g/mol. The van der Waals surface area contributed by atoms with Crippen molar-refractivity contribution in [3.05, 3.63) is 58.6 Å². The molecule has 0 unspecified atom stereocenters. The highest BCUT2D eigenvalue weighted by Gasteiger charge is 2.15. The predicted octanol–water partition coefficient (Wildman–Crippen LogP) is 3.30. The number of ether oxygens (including phenoxy) is 1. The van der Waals surface area contributed by atoms with E-state index in [1.165, 1.54) is 22.4 Å². The van der Waals surface area contributed by atoms with Crippen LogP contribution in [-0.2, 0) is 22.4 Å². The van der Waals surface area contributed by atoms with Gasteiger partial charge in [-0.1, -0.05) is 23.7 Å². The Morgan fingerprint density at radius 3 is 2.77 bits per heavy atom. The Labute approximate surface area is 157 Å². The van der Waals surface area contributed by atoms with Crippen LogP contribution in [0.3, 0.4) is 0 Å². The summed E-state index contributed by atoms with van der Waals surface area (Å²) in [7, 11) is 1.58. The molecule has 0 heterocycles. The van der Waals surface area contributed by atoms with Crippen LogP contribution in [0.5, 0.6) is 5.75 Å². The number of nitrogens with zero attached hydrogens (tertiary/aromatic N) is 1. The van der Waals surface area contributed by atoms with E-state index in [0.29, 0.717) is 16.5 Å². The lowest BCUT2D eigenvalue weighted by atomic mass is 10.1. The number of fused-ring (bicyclic) bond motifs is 1. The van der Waals surface area contributed by atoms with Crippen LogP contribution < -0.4 is 10.1 Å². The monoisotopic (exact) mass is 372 g/mol. The molecule has 1 aliphatic carbocycles. The SMILES string of the molecule is CN(CC(=O)Nc1cccc(Cl)c1)C(=O)COc1ccc2c(c1)CCC2. The second-order valence-corrected chi connectivity index (χ2v) is 6.82. The fourth-order valence-corrected chi connectivity index (χ4v) is 3.15. The van der Waals surface area contributed by atoms with Crippen molar-refractivity contribution in [2.24, 2.45) is 0 Å². The van der Waals surface area contributed by atoms with Gasteiger partial charge in [0.1, 0.15) is 5.75 Å². The number of benzene rings is 2. The zero-order valence-electron chi connectivity index (χ0n) is 14.6. The number of halogens is 1. The van der Waals surface area contributed by atoms with E-state index >= 15 is 0 Å². The number of likely N-dealkylation sites (N-methyl/N-ethyl adjacent to an activating group) is 1. The molecule has 0 bridgehead atoms. The Bertz CT molecular complexity index is 822. The van der Waals surface area contributed by atoms with Gasteiger partial charge in [0.2, 0.25) is 5.91 Å². The second-order valence-electron chi connectivity index (χ2n) is 6.38. The average molecular weight is 373 g/mol. The van der Waals surface area contributed by atoms with Crippen LogP contribution >= 0.6 is 11.6 Å². The van der Waals surface area contributed by atoms with Gasteiger partial charge >= 0.3 is 0 Å². The Morgan fingerprint density at radius 1 is 1.15 bits per heavy atom. The first-order valence-corrected chi connectivity index (χ1v) is 8.93. The largest absolute Gasteiger partial charge is 0.484 e. The van der Waals surface area contributed by atoms with Crippen LogP contribution in [0.2, 0.25) is 5.02 Å². The van der Waals surface area contributed by atoms with Gasteiger partial charge in [0.25, 0.3) is 5.91 Å². The lowest BCUT2D eigenvalue weighted by Crippen LogP contribution is -2.37. The number of nitrogens with one attached hydrogen (secondary N) is 1. The van der Waals surface area contributed by atoms with Gasteiger partial charge in [-0.25, -0.2) is 0 Å². The summed E-state index contributed by atoms with van der Waals surface area (Å²) < 4.78 is 5.59. The molecule has 2 aromatic rings. The minimum Gasteiger partial charge on any atom is -0.484 e. The molecule has 0 aromatic heterocycles. The topological polar surface area (TPSA) is 58.6 Å². The molecule has 136 valence electrons. The summed E-state index contributed by atoms with van der Waals surface area (Å²) in [5.41, 5.74) is 3.25. The van der Waals surface area contributed by atoms with Crippen molar-refractivity contribution in [1.82, 2.24) is 4.90 Å². The van der Waals surface area contributed by atoms with E-state index in [2.05, 4.69) is 11.4 Å². The molecule has 26 heavy (non-hydrogen) atoms. The smallest absolute Gasteiger partial charge is 0.260 e. The summed E-state index contributed by atoms with van der Waals surface area (Å²) in [6.45, 7) is -0.154. The number of carbonyl (C=O) groups is 2. The van der Waals surface area contributed by atoms with E-state index in [1.807, 2.05) is 12.1 Å². The first-order chi connectivity index (χ1) is 12.5. The van der Waals surface area contributed by atoms with Gasteiger partial charge in [-0.3, -0.25) is 9.59 Å². The van der Waals surface area contributed by atoms with Gasteiger partial charge in [0.15, 0.2) is 6.61 Å². The molecule has 0 saturated heterocycles. The molecule has 0 saturated carbocycles. The van der Waals surface area contributed by atoms with Crippen LogP contribution in [-0.4, -0.2) is 36.9 Å². The summed E-state index contributed by atoms with van der Waals surface area (Å²) in [6.07, 6.45) is 3.34. The third-order valence-corrected chi connectivity index (χ3v) is 4.58. The van der Waals surface area contributed by atoms with Crippen LogP contribution in [0.15, 0.2) is 42.5 Å². The fraction of sp³-hybridized carbons (Fsp3) is 0.300. The summed E-state index contributed by atoms with van der Waals surface area (Å²) in [4.78, 5) is 25.6. The Balaban J connectivity index is 1.47. The van der Waals surface area contributed by atoms with E-state index in [-0.39, 0.29) is 25.0 Å². The number of hydrogen-bond acceptors (Lipinski definition) is 3. The predicted molar refractivity (Wildman–Crippen MR) is 102 cm³/mol. The molecule has 0 aliphatic heterocycles. The van der Waals surface area contributed by atoms with Gasteiger partial charge in [0, 0.05) is 17.8 Å². The standard InChI is InChI=1S/C20H21ClN2O3/c1-23(12-19(24)22-17-7-3-6-16(21)11-17)20(25)13-26-18-9-8-14-4-2-5-15(14)10-18/h3,6-11H,2,4-5,12-13H2,1H3,(H,22,24). The fourth-order valence-electron chi connectivity index (χ4n) is 2.96. The van der Waals surface area contributed by atoms with Crippen LogP contribution in [0, 0.1) is 0 Å². The van der Waals surface area contributed by atoms with E-state index in [1.54, 1.807) is 31.3 Å². The minimum atomic E-state index is -0.291. The lowest BCUT2D eigenvalue weighted by molar-refractivity contribution is -0.135. The molecular formula is C20H21ClN2O3. The summed E-state index contributed by atoms with van der Waals surface area (Å²) in [6, 6.07) is 12.8. The number of aryl methyl sites for hydroxylation is 2. The molecule has 1 N–H and O–H groups in total. The van der Waals surface area contributed by atoms with Crippen molar-refractivity contribution < 1.29 is 14.3 Å². The maximum atomic E-state index is 12.2. The maximum Gasteiger partial charge on any atom is 0.260 e. The van der Waals surface area contributed by atoms with E-state index in [0.717, 1.165) is 12.8 Å². The Kier molecular flexibility index (Phi) is 5.78. The van der Waals surface area contributed by atoms with E-state index in [4.69, 9.17) is 16.3 Å². The zero-order chi connectivity index (χ0) is 18.5.